The molecule has 2 N–H and O–H groups in total. The van der Waals surface area contributed by atoms with Crippen LogP contribution in [0.2, 0.25) is 10.0 Å². The van der Waals surface area contributed by atoms with Crippen LogP contribution in [0.4, 0.5) is 4.39 Å². The van der Waals surface area contributed by atoms with Crippen LogP contribution < -0.4 is 0 Å². The van der Waals surface area contributed by atoms with Crippen LogP contribution in [0.25, 0.3) is 0 Å². The van der Waals surface area contributed by atoms with E-state index < -0.39 is 41.0 Å². The summed E-state index contributed by atoms with van der Waals surface area (Å²) in [6.45, 7) is 4.27. The van der Waals surface area contributed by atoms with Gasteiger partial charge in [0.15, 0.2) is 5.72 Å². The number of rotatable bonds is 9. The minimum absolute atomic E-state index is 0.0118. The van der Waals surface area contributed by atoms with Crippen molar-refractivity contribution in [2.24, 2.45) is 11.8 Å². The number of carboxylic acids is 1. The summed E-state index contributed by atoms with van der Waals surface area (Å²) < 4.78 is 28.4. The fraction of sp³-hybridized carbons (Fsp3) is 0.394. The molecule has 1 saturated heterocycles. The van der Waals surface area contributed by atoms with Crippen molar-refractivity contribution in [2.45, 2.75) is 50.5 Å². The highest BCUT2D eigenvalue weighted by Crippen LogP contribution is 2.53. The maximum atomic E-state index is 16.7. The van der Waals surface area contributed by atoms with Gasteiger partial charge in [-0.3, -0.25) is 14.5 Å². The van der Waals surface area contributed by atoms with E-state index in [0.717, 1.165) is 0 Å². The quantitative estimate of drug-likeness (QED) is 0.267. The Bertz CT molecular complexity index is 1510. The topological polar surface area (TPSA) is 96.3 Å². The lowest BCUT2D eigenvalue weighted by atomic mass is 9.74. The van der Waals surface area contributed by atoms with Crippen LogP contribution in [-0.2, 0) is 25.6 Å². The average Bonchev–Trinajstić information content (AvgIpc) is 3.27. The van der Waals surface area contributed by atoms with Gasteiger partial charge in [0.2, 0.25) is 0 Å². The van der Waals surface area contributed by atoms with Crippen LogP contribution in [0.3, 0.4) is 0 Å². The third kappa shape index (κ3) is 5.23. The lowest BCUT2D eigenvalue weighted by Crippen LogP contribution is -2.51. The van der Waals surface area contributed by atoms with Crippen LogP contribution in [0.5, 0.6) is 0 Å². The number of methoxy groups -OCH3 is 1. The highest BCUT2D eigenvalue weighted by atomic mass is 35.5. The molecule has 228 valence electrons. The molecule has 2 heterocycles. The number of nitrogens with zero attached hydrogens (tertiary/aromatic N) is 1. The van der Waals surface area contributed by atoms with Crippen molar-refractivity contribution in [3.8, 4) is 0 Å². The Kier molecular flexibility index (Phi) is 8.89. The molecule has 5 rings (SSSR count). The molecule has 7 nitrogen and oxygen atoms in total. The summed E-state index contributed by atoms with van der Waals surface area (Å²) in [4.78, 5) is 28.5. The van der Waals surface area contributed by atoms with Crippen molar-refractivity contribution in [3.05, 3.63) is 104 Å². The summed E-state index contributed by atoms with van der Waals surface area (Å²) >= 11 is 12.4. The number of hydrogen-bond acceptors (Lipinski definition) is 5. The van der Waals surface area contributed by atoms with Gasteiger partial charge in [-0.05, 0) is 79.6 Å². The maximum absolute atomic E-state index is 16.7. The van der Waals surface area contributed by atoms with Gasteiger partial charge in [-0.15, -0.1) is 0 Å². The lowest BCUT2D eigenvalue weighted by molar-refractivity contribution is -0.149. The molecule has 0 radical (unpaired) electrons. The second kappa shape index (κ2) is 12.2. The molecular weight excluding hydrogens is 596 g/mol. The molecule has 1 amide bonds. The van der Waals surface area contributed by atoms with Gasteiger partial charge >= 0.3 is 5.97 Å². The van der Waals surface area contributed by atoms with E-state index in [1.807, 2.05) is 6.92 Å². The third-order valence-corrected chi connectivity index (χ3v) is 9.54. The molecular formula is C33H34Cl2FNO6. The maximum Gasteiger partial charge on any atom is 0.308 e. The molecule has 3 aromatic carbocycles. The van der Waals surface area contributed by atoms with Crippen molar-refractivity contribution in [1.82, 2.24) is 4.90 Å². The Hall–Kier alpha value is -3.01. The fourth-order valence-electron chi connectivity index (χ4n) is 6.72. The number of benzene rings is 3. The molecule has 0 aliphatic carbocycles. The minimum Gasteiger partial charge on any atom is -0.481 e. The number of amides is 1. The standard InChI is InChI=1S/C33H34Cl2FNO6/c1-4-32(41,21-13-15-43-16-14-21)23-17-26-28(27(36)18-23)33(42-3,22-7-11-25(35)12-8-22)37(30(26)38)29(19(2)31(39)40)20-5-9-24(34)10-6-20/h5-12,17-19,21,29,41H,4,13-16H2,1-3H3,(H,39,40)/t19?,29?,32-,33?/m0/s1. The molecule has 1 fully saturated rings. The molecule has 3 unspecified atom stereocenters. The Balaban J connectivity index is 1.79. The summed E-state index contributed by atoms with van der Waals surface area (Å²) in [6.07, 6.45) is 1.47. The van der Waals surface area contributed by atoms with Gasteiger partial charge in [0, 0.05) is 35.9 Å². The van der Waals surface area contributed by atoms with Crippen molar-refractivity contribution in [1.29, 1.82) is 0 Å². The van der Waals surface area contributed by atoms with Gasteiger partial charge in [-0.2, -0.15) is 0 Å². The Labute approximate surface area is 260 Å². The van der Waals surface area contributed by atoms with Gasteiger partial charge in [0.25, 0.3) is 5.91 Å². The highest BCUT2D eigenvalue weighted by molar-refractivity contribution is 6.30. The van der Waals surface area contributed by atoms with E-state index in [1.54, 1.807) is 48.5 Å². The van der Waals surface area contributed by atoms with Crippen LogP contribution in [0.1, 0.15) is 71.8 Å². The number of hydrogen-bond donors (Lipinski definition) is 2. The average molecular weight is 631 g/mol. The molecule has 3 aromatic rings. The van der Waals surface area contributed by atoms with E-state index in [9.17, 15) is 19.8 Å². The Morgan fingerprint density at radius 1 is 1.12 bits per heavy atom. The van der Waals surface area contributed by atoms with E-state index >= 15 is 4.39 Å². The summed E-state index contributed by atoms with van der Waals surface area (Å²) in [7, 11) is 1.35. The number of aliphatic carboxylic acids is 1. The predicted octanol–water partition coefficient (Wildman–Crippen LogP) is 6.92. The van der Waals surface area contributed by atoms with Gasteiger partial charge in [-0.1, -0.05) is 54.4 Å². The molecule has 0 aromatic heterocycles. The first kappa shape index (κ1) is 31.4. The first-order valence-corrected chi connectivity index (χ1v) is 15.0. The van der Waals surface area contributed by atoms with Crippen LogP contribution in [0, 0.1) is 17.7 Å². The summed E-state index contributed by atoms with van der Waals surface area (Å²) in [5.74, 6) is -3.89. The second-order valence-corrected chi connectivity index (χ2v) is 12.1. The van der Waals surface area contributed by atoms with Crippen LogP contribution >= 0.6 is 23.2 Å². The number of carbonyl (C=O) groups excluding carboxylic acids is 1. The van der Waals surface area contributed by atoms with E-state index in [2.05, 4.69) is 0 Å². The second-order valence-electron chi connectivity index (χ2n) is 11.2. The Morgan fingerprint density at radius 3 is 2.23 bits per heavy atom. The van der Waals surface area contributed by atoms with Gasteiger partial charge in [0.1, 0.15) is 5.82 Å². The van der Waals surface area contributed by atoms with E-state index in [0.29, 0.717) is 53.6 Å². The van der Waals surface area contributed by atoms with Crippen LogP contribution in [0.15, 0.2) is 60.7 Å². The molecule has 43 heavy (non-hydrogen) atoms. The predicted molar refractivity (Wildman–Crippen MR) is 161 cm³/mol. The number of aliphatic hydroxyl groups is 1. The van der Waals surface area contributed by atoms with Crippen molar-refractivity contribution in [2.75, 3.05) is 20.3 Å². The van der Waals surface area contributed by atoms with Gasteiger partial charge in [0.05, 0.1) is 28.7 Å². The molecule has 4 atom stereocenters. The fourth-order valence-corrected chi connectivity index (χ4v) is 6.97. The zero-order valence-corrected chi connectivity index (χ0v) is 25.7. The highest BCUT2D eigenvalue weighted by Gasteiger charge is 2.58. The van der Waals surface area contributed by atoms with Gasteiger partial charge in [-0.25, -0.2) is 4.39 Å². The lowest BCUT2D eigenvalue weighted by Gasteiger charge is -2.44. The number of carboxylic acid groups (broad SMARTS) is 1. The molecule has 0 saturated carbocycles. The van der Waals surface area contributed by atoms with Gasteiger partial charge < -0.3 is 19.7 Å². The Morgan fingerprint density at radius 2 is 1.70 bits per heavy atom. The summed E-state index contributed by atoms with van der Waals surface area (Å²) in [6, 6.07) is 14.7. The molecule has 2 aliphatic rings. The zero-order chi connectivity index (χ0) is 31.1. The SMILES string of the molecule is CC[C@@](O)(c1cc(F)c2c(c1)C(=O)N(C(c1ccc(Cl)cc1)C(C)C(=O)O)C2(OC)c1ccc(Cl)cc1)C1CCOCC1. The van der Waals surface area contributed by atoms with E-state index in [1.165, 1.54) is 31.1 Å². The smallest absolute Gasteiger partial charge is 0.308 e. The zero-order valence-electron chi connectivity index (χ0n) is 24.1. The summed E-state index contributed by atoms with van der Waals surface area (Å²) in [5.41, 5.74) is -2.21. The monoisotopic (exact) mass is 629 g/mol. The first-order valence-electron chi connectivity index (χ1n) is 14.3. The molecule has 10 heteroatoms. The molecule has 0 spiro atoms. The van der Waals surface area contributed by atoms with Crippen molar-refractivity contribution >= 4 is 35.1 Å². The van der Waals surface area contributed by atoms with Crippen molar-refractivity contribution in [3.63, 3.8) is 0 Å². The number of carbonyl (C=O) groups is 2. The first-order chi connectivity index (χ1) is 20.5. The summed E-state index contributed by atoms with van der Waals surface area (Å²) in [5, 5.41) is 23.0. The number of halogens is 3. The third-order valence-electron chi connectivity index (χ3n) is 9.04. The largest absolute Gasteiger partial charge is 0.481 e. The van der Waals surface area contributed by atoms with Crippen molar-refractivity contribution < 1.29 is 33.7 Å². The molecule has 0 bridgehead atoms. The van der Waals surface area contributed by atoms with Crippen LogP contribution in [-0.4, -0.2) is 47.3 Å². The molecule has 2 aliphatic heterocycles. The number of ether oxygens (including phenoxy) is 2. The minimum atomic E-state index is -1.86. The number of fused-ring (bicyclic) bond motifs is 1. The van der Waals surface area contributed by atoms with E-state index in [-0.39, 0.29) is 22.6 Å². The normalized spacial score (nSPS) is 21.7. The van der Waals surface area contributed by atoms with E-state index in [4.69, 9.17) is 32.7 Å².